The molecule has 0 aliphatic carbocycles. The first-order valence-corrected chi connectivity index (χ1v) is 11.3. The lowest BCUT2D eigenvalue weighted by molar-refractivity contribution is -0.384. The van der Waals surface area contributed by atoms with E-state index in [1.165, 1.54) is 17.7 Å². The first-order chi connectivity index (χ1) is 16.6. The van der Waals surface area contributed by atoms with E-state index in [2.05, 4.69) is 37.2 Å². The first kappa shape index (κ1) is 31.1. The summed E-state index contributed by atoms with van der Waals surface area (Å²) in [5.41, 5.74) is 15.0. The molecule has 4 N–H and O–H groups in total. The third-order valence-electron chi connectivity index (χ3n) is 4.53. The highest BCUT2D eigenvalue weighted by Crippen LogP contribution is 2.22. The van der Waals surface area contributed by atoms with Crippen LogP contribution in [0.4, 0.5) is 11.4 Å². The van der Waals surface area contributed by atoms with Crippen molar-refractivity contribution >= 4 is 41.9 Å². The summed E-state index contributed by atoms with van der Waals surface area (Å²) in [6, 6.07) is 14.1. The smallest absolute Gasteiger partial charge is 0.269 e. The predicted molar refractivity (Wildman–Crippen MR) is 151 cm³/mol. The van der Waals surface area contributed by atoms with Crippen LogP contribution in [0.3, 0.4) is 0 Å². The van der Waals surface area contributed by atoms with Crippen LogP contribution in [-0.2, 0) is 4.79 Å². The number of nitrogens with zero attached hydrogens (tertiary/aromatic N) is 3. The Labute approximate surface area is 213 Å². The molecule has 0 bridgehead atoms. The quantitative estimate of drug-likeness (QED) is 0.0908. The molecule has 0 saturated heterocycles. The topological polar surface area (TPSA) is 128 Å². The van der Waals surface area contributed by atoms with Crippen molar-refractivity contribution in [1.29, 1.82) is 0 Å². The molecule has 0 spiro atoms. The number of amides is 1. The second-order valence-electron chi connectivity index (χ2n) is 7.28. The number of nitro groups is 1. The average molecular weight is 498 g/mol. The molecule has 9 heteroatoms. The molecule has 0 aromatic heterocycles. The Kier molecular flexibility index (Phi) is 15.7. The van der Waals surface area contributed by atoms with Crippen LogP contribution in [0.15, 0.2) is 82.7 Å². The number of non-ortho nitro benzene ring substituents is 1. The number of amidine groups is 1. The van der Waals surface area contributed by atoms with Gasteiger partial charge >= 0.3 is 0 Å². The van der Waals surface area contributed by atoms with Crippen molar-refractivity contribution in [3.05, 3.63) is 99.0 Å². The Morgan fingerprint density at radius 2 is 1.57 bits per heavy atom. The number of anilines is 1. The molecule has 0 aliphatic heterocycles. The van der Waals surface area contributed by atoms with E-state index in [1.54, 1.807) is 17.5 Å². The Morgan fingerprint density at radius 3 is 1.97 bits per heavy atom. The van der Waals surface area contributed by atoms with Gasteiger partial charge in [0, 0.05) is 43.0 Å². The van der Waals surface area contributed by atoms with Crippen LogP contribution in [0.5, 0.6) is 0 Å². The summed E-state index contributed by atoms with van der Waals surface area (Å²) in [5.74, 6) is 0.306. The van der Waals surface area contributed by atoms with E-state index in [1.807, 2.05) is 68.4 Å². The lowest BCUT2D eigenvalue weighted by Crippen LogP contribution is -2.13. The van der Waals surface area contributed by atoms with Crippen LogP contribution >= 0.6 is 12.6 Å². The Balaban J connectivity index is 0.00000146. The minimum absolute atomic E-state index is 0.0214. The standard InChI is InChI=1S/C22H26N4O2.C3H6S.CH3NO/c1-5-16(2)6-15-21(17-7-11-19(12-8-17)25(3)4)24-22(23)18-9-13-20(14-10-18)26(27)28;1-2-3-4;2-1-3/h6-15H,5H2,1-4H3,(H2,23,24);2-4H,1H3;1H,(H2,2,3)/b16-6-,21-15+;3-2-;. The van der Waals surface area contributed by atoms with E-state index in [9.17, 15) is 10.1 Å². The molecular formula is C26H35N5O3S. The molecule has 2 aromatic carbocycles. The van der Waals surface area contributed by atoms with Gasteiger partial charge in [-0.25, -0.2) is 4.99 Å². The highest BCUT2D eigenvalue weighted by Gasteiger charge is 2.08. The van der Waals surface area contributed by atoms with E-state index in [0.29, 0.717) is 11.4 Å². The fourth-order valence-electron chi connectivity index (χ4n) is 2.42. The van der Waals surface area contributed by atoms with Gasteiger partial charge in [0.2, 0.25) is 6.41 Å². The summed E-state index contributed by atoms with van der Waals surface area (Å²) in [5, 5.41) is 12.5. The van der Waals surface area contributed by atoms with E-state index in [0.717, 1.165) is 23.4 Å². The van der Waals surface area contributed by atoms with Crippen LogP contribution in [-0.4, -0.2) is 31.3 Å². The van der Waals surface area contributed by atoms with Gasteiger partial charge in [-0.1, -0.05) is 36.8 Å². The van der Waals surface area contributed by atoms with Gasteiger partial charge in [-0.3, -0.25) is 14.9 Å². The van der Waals surface area contributed by atoms with Crippen molar-refractivity contribution < 1.29 is 9.72 Å². The summed E-state index contributed by atoms with van der Waals surface area (Å²) in [4.78, 5) is 25.6. The van der Waals surface area contributed by atoms with Gasteiger partial charge in [0.05, 0.1) is 10.6 Å². The molecule has 0 saturated carbocycles. The maximum atomic E-state index is 10.8. The number of nitro benzene ring substituents is 1. The highest BCUT2D eigenvalue weighted by atomic mass is 32.1. The molecule has 35 heavy (non-hydrogen) atoms. The van der Waals surface area contributed by atoms with Gasteiger partial charge in [0.15, 0.2) is 0 Å². The molecule has 0 heterocycles. The zero-order valence-corrected chi connectivity index (χ0v) is 21.8. The molecule has 8 nitrogen and oxygen atoms in total. The number of allylic oxidation sites excluding steroid dienone is 4. The number of aliphatic imine (C=N–C) groups is 1. The molecule has 1 amide bonds. The minimum atomic E-state index is -0.437. The van der Waals surface area contributed by atoms with Gasteiger partial charge in [-0.2, -0.15) is 12.6 Å². The number of carbonyl (C=O) groups is 1. The number of hydrogen-bond donors (Lipinski definition) is 3. The number of benzene rings is 2. The fourth-order valence-corrected chi connectivity index (χ4v) is 2.42. The van der Waals surface area contributed by atoms with Crippen LogP contribution in [0.1, 0.15) is 38.3 Å². The number of rotatable bonds is 7. The maximum absolute atomic E-state index is 10.8. The Hall–Kier alpha value is -3.85. The van der Waals surface area contributed by atoms with Crippen LogP contribution in [0.2, 0.25) is 0 Å². The molecule has 2 aromatic rings. The molecular weight excluding hydrogens is 462 g/mol. The summed E-state index contributed by atoms with van der Waals surface area (Å²) in [6.07, 6.45) is 7.04. The molecule has 2 rings (SSSR count). The predicted octanol–water partition coefficient (Wildman–Crippen LogP) is 5.31. The zero-order chi connectivity index (χ0) is 26.8. The lowest BCUT2D eigenvalue weighted by atomic mass is 10.1. The SMILES string of the molecule is C/C=C\S.CC/C(C)=C\C=C(\N=C(N)c1ccc([N+](=O)[O-])cc1)c1ccc(N(C)C)cc1.NC=O. The molecule has 188 valence electrons. The molecule has 0 atom stereocenters. The third-order valence-corrected chi connectivity index (χ3v) is 4.82. The van der Waals surface area contributed by atoms with E-state index in [4.69, 9.17) is 10.5 Å². The summed E-state index contributed by atoms with van der Waals surface area (Å²) in [7, 11) is 3.98. The molecule has 0 unspecified atom stereocenters. The van der Waals surface area contributed by atoms with Gasteiger partial charge < -0.3 is 16.4 Å². The van der Waals surface area contributed by atoms with E-state index >= 15 is 0 Å². The van der Waals surface area contributed by atoms with Crippen molar-refractivity contribution in [2.75, 3.05) is 19.0 Å². The number of thiol groups is 1. The van der Waals surface area contributed by atoms with Gasteiger partial charge in [-0.15, -0.1) is 0 Å². The zero-order valence-electron chi connectivity index (χ0n) is 20.9. The summed E-state index contributed by atoms with van der Waals surface area (Å²) in [6.45, 7) is 6.08. The monoisotopic (exact) mass is 497 g/mol. The summed E-state index contributed by atoms with van der Waals surface area (Å²) >= 11 is 3.74. The minimum Gasteiger partial charge on any atom is -0.383 e. The van der Waals surface area contributed by atoms with E-state index < -0.39 is 4.92 Å². The second kappa shape index (κ2) is 17.6. The first-order valence-electron chi connectivity index (χ1n) is 10.8. The molecule has 0 aliphatic rings. The maximum Gasteiger partial charge on any atom is 0.269 e. The second-order valence-corrected chi connectivity index (χ2v) is 7.58. The van der Waals surface area contributed by atoms with Crippen molar-refractivity contribution in [1.82, 2.24) is 0 Å². The molecule has 0 radical (unpaired) electrons. The molecule has 0 fully saturated rings. The average Bonchev–Trinajstić information content (AvgIpc) is 2.86. The number of hydrogen-bond acceptors (Lipinski definition) is 6. The van der Waals surface area contributed by atoms with Gasteiger partial charge in [0.1, 0.15) is 5.84 Å². The Morgan fingerprint density at radius 1 is 1.09 bits per heavy atom. The number of carbonyl (C=O) groups excluding carboxylic acids is 1. The van der Waals surface area contributed by atoms with Crippen molar-refractivity contribution in [2.45, 2.75) is 27.2 Å². The normalized spacial score (nSPS) is 11.7. The number of nitrogens with two attached hydrogens (primary N) is 2. The third kappa shape index (κ3) is 12.3. The van der Waals surface area contributed by atoms with Gasteiger partial charge in [-0.05, 0) is 56.0 Å². The van der Waals surface area contributed by atoms with Crippen LogP contribution in [0, 0.1) is 10.1 Å². The van der Waals surface area contributed by atoms with Crippen LogP contribution in [0.25, 0.3) is 5.70 Å². The number of primary amides is 1. The summed E-state index contributed by atoms with van der Waals surface area (Å²) < 4.78 is 0. The van der Waals surface area contributed by atoms with Crippen molar-refractivity contribution in [2.24, 2.45) is 16.5 Å². The Bertz CT molecular complexity index is 1040. The van der Waals surface area contributed by atoms with E-state index in [-0.39, 0.29) is 12.1 Å². The largest absolute Gasteiger partial charge is 0.383 e. The fraction of sp³-hybridized carbons (Fsp3) is 0.231. The van der Waals surface area contributed by atoms with Crippen LogP contribution < -0.4 is 16.4 Å². The highest BCUT2D eigenvalue weighted by molar-refractivity contribution is 7.83. The lowest BCUT2D eigenvalue weighted by Gasteiger charge is -2.13. The van der Waals surface area contributed by atoms with Crippen molar-refractivity contribution in [3.8, 4) is 0 Å². The van der Waals surface area contributed by atoms with Gasteiger partial charge in [0.25, 0.3) is 5.69 Å². The van der Waals surface area contributed by atoms with Crippen molar-refractivity contribution in [3.63, 3.8) is 0 Å².